The fourth-order valence-electron chi connectivity index (χ4n) is 0.855. The summed E-state index contributed by atoms with van der Waals surface area (Å²) in [5, 5.41) is 0. The van der Waals surface area contributed by atoms with Gasteiger partial charge in [0.25, 0.3) is 0 Å². The van der Waals surface area contributed by atoms with Gasteiger partial charge in [0.05, 0.1) is 0 Å². The third-order valence-corrected chi connectivity index (χ3v) is 1.58. The van der Waals surface area contributed by atoms with Gasteiger partial charge in [0.1, 0.15) is 0 Å². The molecule has 0 rings (SSSR count). The molecule has 0 aromatic heterocycles. The Morgan fingerprint density at radius 3 is 2.20 bits per heavy atom. The minimum absolute atomic E-state index is 1.04. The Kier molecular flexibility index (Phi) is 4.65. The van der Waals surface area contributed by atoms with Crippen LogP contribution in [0.15, 0.2) is 36.5 Å². The molecule has 0 saturated heterocycles. The highest BCUT2D eigenvalue weighted by Gasteiger charge is 1.94. The van der Waals surface area contributed by atoms with E-state index in [0.29, 0.717) is 0 Å². The molecule has 0 heterocycles. The standard InChI is InChI=1S/C10H16/c1-5-8-10(7-3)9(4)6-2/h5,8H,1,4,6-7H2,2-3H3/b10-8-. The van der Waals surface area contributed by atoms with Crippen molar-refractivity contribution in [2.75, 3.05) is 0 Å². The molecule has 0 aliphatic rings. The molecule has 0 radical (unpaired) electrons. The second-order valence-electron chi connectivity index (χ2n) is 2.24. The molecule has 0 saturated carbocycles. The largest absolute Gasteiger partial charge is 0.0991 e. The van der Waals surface area contributed by atoms with Gasteiger partial charge in [-0.25, -0.2) is 0 Å². The van der Waals surface area contributed by atoms with Crippen molar-refractivity contribution in [2.45, 2.75) is 26.7 Å². The molecule has 0 amide bonds. The van der Waals surface area contributed by atoms with Crippen LogP contribution in [0.1, 0.15) is 26.7 Å². The Bertz CT molecular complexity index is 149. The lowest BCUT2D eigenvalue weighted by Crippen LogP contribution is -1.83. The first kappa shape index (κ1) is 9.22. The molecule has 0 aliphatic carbocycles. The quantitative estimate of drug-likeness (QED) is 0.519. The molecule has 0 nitrogen and oxygen atoms in total. The van der Waals surface area contributed by atoms with Gasteiger partial charge in [-0.1, -0.05) is 44.7 Å². The number of rotatable bonds is 4. The minimum atomic E-state index is 1.04. The summed E-state index contributed by atoms with van der Waals surface area (Å²) in [6.45, 7) is 11.8. The molecule has 0 unspecified atom stereocenters. The average Bonchev–Trinajstić information content (AvgIpc) is 1.99. The molecule has 0 atom stereocenters. The monoisotopic (exact) mass is 136 g/mol. The maximum absolute atomic E-state index is 3.95. The van der Waals surface area contributed by atoms with Crippen molar-refractivity contribution in [2.24, 2.45) is 0 Å². The van der Waals surface area contributed by atoms with E-state index in [0.717, 1.165) is 12.8 Å². The van der Waals surface area contributed by atoms with Crippen molar-refractivity contribution >= 4 is 0 Å². The Hall–Kier alpha value is -0.780. The lowest BCUT2D eigenvalue weighted by atomic mass is 10.0. The lowest BCUT2D eigenvalue weighted by molar-refractivity contribution is 1.03. The molecule has 0 aromatic carbocycles. The van der Waals surface area contributed by atoms with Crippen molar-refractivity contribution in [1.82, 2.24) is 0 Å². The molecule has 10 heavy (non-hydrogen) atoms. The minimum Gasteiger partial charge on any atom is -0.0991 e. The third kappa shape index (κ3) is 2.67. The van der Waals surface area contributed by atoms with E-state index in [4.69, 9.17) is 0 Å². The van der Waals surface area contributed by atoms with Crippen LogP contribution in [0.25, 0.3) is 0 Å². The Labute approximate surface area is 64.0 Å². The van der Waals surface area contributed by atoms with Gasteiger partial charge in [-0.2, -0.15) is 0 Å². The molecule has 56 valence electrons. The summed E-state index contributed by atoms with van der Waals surface area (Å²) < 4.78 is 0. The molecule has 0 aliphatic heterocycles. The Morgan fingerprint density at radius 2 is 1.90 bits per heavy atom. The molecular formula is C10H16. The highest BCUT2D eigenvalue weighted by molar-refractivity contribution is 5.30. The SMILES string of the molecule is C=C/C=C(/CC)C(=C)CC. The first-order chi connectivity index (χ1) is 4.76. The maximum atomic E-state index is 3.95. The van der Waals surface area contributed by atoms with E-state index in [-0.39, 0.29) is 0 Å². The van der Waals surface area contributed by atoms with Gasteiger partial charge in [0.15, 0.2) is 0 Å². The Balaban J connectivity index is 4.19. The average molecular weight is 136 g/mol. The summed E-state index contributed by atoms with van der Waals surface area (Å²) in [5.74, 6) is 0. The van der Waals surface area contributed by atoms with Gasteiger partial charge in [0, 0.05) is 0 Å². The highest BCUT2D eigenvalue weighted by atomic mass is 14.0. The van der Waals surface area contributed by atoms with Gasteiger partial charge >= 0.3 is 0 Å². The highest BCUT2D eigenvalue weighted by Crippen LogP contribution is 2.14. The number of allylic oxidation sites excluding steroid dienone is 4. The van der Waals surface area contributed by atoms with Crippen LogP contribution in [-0.2, 0) is 0 Å². The normalized spacial score (nSPS) is 11.2. The van der Waals surface area contributed by atoms with Crippen molar-refractivity contribution in [3.05, 3.63) is 36.5 Å². The fourth-order valence-corrected chi connectivity index (χ4v) is 0.855. The smallest absolute Gasteiger partial charge is 0.0305 e. The van der Waals surface area contributed by atoms with Crippen LogP contribution < -0.4 is 0 Å². The topological polar surface area (TPSA) is 0 Å². The molecule has 0 bridgehead atoms. The second-order valence-corrected chi connectivity index (χ2v) is 2.24. The third-order valence-electron chi connectivity index (χ3n) is 1.58. The van der Waals surface area contributed by atoms with E-state index >= 15 is 0 Å². The van der Waals surface area contributed by atoms with Gasteiger partial charge in [0.2, 0.25) is 0 Å². The molecular weight excluding hydrogens is 120 g/mol. The summed E-state index contributed by atoms with van der Waals surface area (Å²) in [6, 6.07) is 0. The predicted molar refractivity (Wildman–Crippen MR) is 48.0 cm³/mol. The summed E-state index contributed by atoms with van der Waals surface area (Å²) in [5.41, 5.74) is 2.54. The van der Waals surface area contributed by atoms with Crippen LogP contribution in [-0.4, -0.2) is 0 Å². The second kappa shape index (κ2) is 5.04. The summed E-state index contributed by atoms with van der Waals surface area (Å²) >= 11 is 0. The first-order valence-electron chi connectivity index (χ1n) is 3.76. The van der Waals surface area contributed by atoms with Crippen LogP contribution in [0.2, 0.25) is 0 Å². The van der Waals surface area contributed by atoms with E-state index in [1.807, 2.05) is 12.2 Å². The van der Waals surface area contributed by atoms with Crippen LogP contribution in [0, 0.1) is 0 Å². The van der Waals surface area contributed by atoms with Gasteiger partial charge < -0.3 is 0 Å². The summed E-state index contributed by atoms with van der Waals surface area (Å²) in [4.78, 5) is 0. The molecule has 0 spiro atoms. The molecule has 0 fully saturated rings. The first-order valence-corrected chi connectivity index (χ1v) is 3.76. The van der Waals surface area contributed by atoms with Crippen LogP contribution in [0.4, 0.5) is 0 Å². The summed E-state index contributed by atoms with van der Waals surface area (Å²) in [6.07, 6.45) is 5.94. The Morgan fingerprint density at radius 1 is 1.30 bits per heavy atom. The zero-order valence-electron chi connectivity index (χ0n) is 6.98. The van der Waals surface area contributed by atoms with E-state index < -0.39 is 0 Å². The van der Waals surface area contributed by atoms with E-state index in [9.17, 15) is 0 Å². The van der Waals surface area contributed by atoms with E-state index in [2.05, 4.69) is 27.0 Å². The van der Waals surface area contributed by atoms with Crippen molar-refractivity contribution in [3.8, 4) is 0 Å². The number of hydrogen-bond donors (Lipinski definition) is 0. The van der Waals surface area contributed by atoms with Crippen molar-refractivity contribution in [1.29, 1.82) is 0 Å². The predicted octanol–water partition coefficient (Wildman–Crippen LogP) is 3.48. The lowest BCUT2D eigenvalue weighted by Gasteiger charge is -2.03. The van der Waals surface area contributed by atoms with Crippen molar-refractivity contribution < 1.29 is 0 Å². The van der Waals surface area contributed by atoms with Crippen molar-refractivity contribution in [3.63, 3.8) is 0 Å². The molecule has 0 aromatic rings. The van der Waals surface area contributed by atoms with Gasteiger partial charge in [-0.3, -0.25) is 0 Å². The van der Waals surface area contributed by atoms with Crippen LogP contribution in [0.3, 0.4) is 0 Å². The van der Waals surface area contributed by atoms with Gasteiger partial charge in [-0.15, -0.1) is 0 Å². The zero-order chi connectivity index (χ0) is 7.98. The molecule has 0 N–H and O–H groups in total. The fraction of sp³-hybridized carbons (Fsp3) is 0.400. The van der Waals surface area contributed by atoms with Crippen LogP contribution >= 0.6 is 0 Å². The summed E-state index contributed by atoms with van der Waals surface area (Å²) in [7, 11) is 0. The van der Waals surface area contributed by atoms with Crippen LogP contribution in [0.5, 0.6) is 0 Å². The maximum Gasteiger partial charge on any atom is -0.0305 e. The number of hydrogen-bond acceptors (Lipinski definition) is 0. The zero-order valence-corrected chi connectivity index (χ0v) is 6.98. The van der Waals surface area contributed by atoms with Gasteiger partial charge in [-0.05, 0) is 18.4 Å². The molecule has 0 heteroatoms. The van der Waals surface area contributed by atoms with E-state index in [1.54, 1.807) is 0 Å². The van der Waals surface area contributed by atoms with E-state index in [1.165, 1.54) is 11.1 Å².